The lowest BCUT2D eigenvalue weighted by atomic mass is 9.90. The molecular formula is C17H31N5O11. The number of hydrogen-bond donors (Lipinski definition) is 9. The minimum Gasteiger partial charge on any atom is -0.394 e. The maximum Gasteiger partial charge on any atom is 0.347 e. The minimum absolute atomic E-state index is 0.519. The topological polar surface area (TPSA) is 243 Å². The van der Waals surface area contributed by atoms with Crippen molar-refractivity contribution in [3.8, 4) is 0 Å². The molecule has 0 aromatic carbocycles. The van der Waals surface area contributed by atoms with Gasteiger partial charge in [0.05, 0.1) is 12.7 Å². The molecule has 2 saturated heterocycles. The molecule has 16 nitrogen and oxygen atoms in total. The van der Waals surface area contributed by atoms with Crippen molar-refractivity contribution in [1.29, 1.82) is 0 Å². The van der Waals surface area contributed by atoms with Crippen LogP contribution in [0.5, 0.6) is 0 Å². The van der Waals surface area contributed by atoms with Crippen molar-refractivity contribution in [3.63, 3.8) is 0 Å². The monoisotopic (exact) mass is 481 g/mol. The normalized spacial score (nSPS) is 38.8. The smallest absolute Gasteiger partial charge is 0.347 e. The second-order valence-electron chi connectivity index (χ2n) is 7.63. The standard InChI is InChI=1S/C17H31N5O11/c1-5-9(25)11(27)16(32-12(5)14(28)21-22-17(29)20-18)33-13-8(19-6(2)24)15(30-3)31-7(4-23)10(13)26/h5,7-13,15-16,23,25-27H,4,18H2,1-3H3,(H,19,24)(H,21,28)(H2,20,22,29)/t5?,7?,8?,9-,10+,11?,12?,13+,15+,16-/m0/s1. The van der Waals surface area contributed by atoms with Gasteiger partial charge in [-0.1, -0.05) is 6.92 Å². The van der Waals surface area contributed by atoms with Crippen LogP contribution >= 0.6 is 0 Å². The lowest BCUT2D eigenvalue weighted by molar-refractivity contribution is -0.332. The number of amides is 4. The van der Waals surface area contributed by atoms with Gasteiger partial charge in [0, 0.05) is 20.0 Å². The highest BCUT2D eigenvalue weighted by molar-refractivity contribution is 5.84. The Bertz CT molecular complexity index is 700. The lowest BCUT2D eigenvalue weighted by Crippen LogP contribution is -2.68. The molecule has 10 atom stereocenters. The first-order valence-corrected chi connectivity index (χ1v) is 10.0. The predicted molar refractivity (Wildman–Crippen MR) is 105 cm³/mol. The van der Waals surface area contributed by atoms with E-state index in [9.17, 15) is 34.8 Å². The van der Waals surface area contributed by atoms with Gasteiger partial charge in [0.2, 0.25) is 5.91 Å². The molecule has 4 amide bonds. The highest BCUT2D eigenvalue weighted by atomic mass is 16.7. The van der Waals surface area contributed by atoms with E-state index >= 15 is 0 Å². The largest absolute Gasteiger partial charge is 0.394 e. The molecule has 0 aromatic heterocycles. The van der Waals surface area contributed by atoms with Gasteiger partial charge in [-0.2, -0.15) is 0 Å². The summed E-state index contributed by atoms with van der Waals surface area (Å²) in [6.45, 7) is 2.00. The zero-order valence-corrected chi connectivity index (χ0v) is 18.2. The Morgan fingerprint density at radius 2 is 1.70 bits per heavy atom. The summed E-state index contributed by atoms with van der Waals surface area (Å²) < 4.78 is 21.9. The number of rotatable bonds is 6. The summed E-state index contributed by atoms with van der Waals surface area (Å²) in [6, 6.07) is -2.04. The molecule has 0 saturated carbocycles. The molecule has 2 fully saturated rings. The zero-order chi connectivity index (χ0) is 24.9. The van der Waals surface area contributed by atoms with Crippen LogP contribution in [0.2, 0.25) is 0 Å². The maximum absolute atomic E-state index is 12.4. The van der Waals surface area contributed by atoms with E-state index in [0.717, 1.165) is 0 Å². The minimum atomic E-state index is -1.67. The molecule has 0 radical (unpaired) electrons. The number of aliphatic hydroxyl groups excluding tert-OH is 4. The number of carbonyl (C=O) groups is 3. The van der Waals surface area contributed by atoms with E-state index in [0.29, 0.717) is 0 Å². The molecule has 2 aliphatic rings. The molecule has 2 heterocycles. The Morgan fingerprint density at radius 3 is 2.24 bits per heavy atom. The summed E-state index contributed by atoms with van der Waals surface area (Å²) >= 11 is 0. The van der Waals surface area contributed by atoms with Gasteiger partial charge in [-0.05, 0) is 0 Å². The molecule has 2 rings (SSSR count). The molecule has 0 spiro atoms. The predicted octanol–water partition coefficient (Wildman–Crippen LogP) is -5.11. The molecule has 5 unspecified atom stereocenters. The summed E-state index contributed by atoms with van der Waals surface area (Å²) in [5.74, 6) is 2.56. The molecular weight excluding hydrogens is 450 g/mol. The zero-order valence-electron chi connectivity index (χ0n) is 18.2. The van der Waals surface area contributed by atoms with Crippen LogP contribution in [0.1, 0.15) is 13.8 Å². The third-order valence-corrected chi connectivity index (χ3v) is 5.36. The van der Waals surface area contributed by atoms with Crippen molar-refractivity contribution in [1.82, 2.24) is 21.6 Å². The van der Waals surface area contributed by atoms with Crippen molar-refractivity contribution < 1.29 is 53.8 Å². The van der Waals surface area contributed by atoms with Gasteiger partial charge in [0.25, 0.3) is 5.91 Å². The van der Waals surface area contributed by atoms with Gasteiger partial charge in [-0.3, -0.25) is 20.4 Å². The molecule has 190 valence electrons. The molecule has 33 heavy (non-hydrogen) atoms. The molecule has 0 bridgehead atoms. The van der Waals surface area contributed by atoms with Gasteiger partial charge >= 0.3 is 6.03 Å². The quantitative estimate of drug-likeness (QED) is 0.0982. The van der Waals surface area contributed by atoms with E-state index in [1.54, 1.807) is 5.43 Å². The van der Waals surface area contributed by atoms with Crippen LogP contribution < -0.4 is 27.4 Å². The number of aliphatic hydroxyl groups is 4. The van der Waals surface area contributed by atoms with Crippen LogP contribution in [0.25, 0.3) is 0 Å². The summed E-state index contributed by atoms with van der Waals surface area (Å²) in [5.41, 5.74) is 5.71. The number of carbonyl (C=O) groups excluding carboxylic acids is 3. The maximum atomic E-state index is 12.4. The first-order chi connectivity index (χ1) is 15.5. The highest BCUT2D eigenvalue weighted by Gasteiger charge is 2.52. The third-order valence-electron chi connectivity index (χ3n) is 5.36. The Labute approximate surface area is 188 Å². The van der Waals surface area contributed by atoms with Crippen molar-refractivity contribution in [3.05, 3.63) is 0 Å². The van der Waals surface area contributed by atoms with Crippen LogP contribution in [-0.4, -0.2) is 107 Å². The van der Waals surface area contributed by atoms with E-state index < -0.39 is 85.6 Å². The van der Waals surface area contributed by atoms with Crippen molar-refractivity contribution >= 4 is 17.8 Å². The summed E-state index contributed by atoms with van der Waals surface area (Å²) in [5, 5.41) is 43.6. The highest BCUT2D eigenvalue weighted by Crippen LogP contribution is 2.31. The van der Waals surface area contributed by atoms with Gasteiger partial charge in [0.15, 0.2) is 12.6 Å². The van der Waals surface area contributed by atoms with E-state index in [2.05, 4.69) is 5.32 Å². The first-order valence-electron chi connectivity index (χ1n) is 10.0. The first kappa shape index (κ1) is 27.1. The van der Waals surface area contributed by atoms with Crippen molar-refractivity contribution in [2.24, 2.45) is 11.8 Å². The molecule has 0 aromatic rings. The number of ether oxygens (including phenoxy) is 4. The molecule has 16 heteroatoms. The number of urea groups is 1. The van der Waals surface area contributed by atoms with Crippen LogP contribution in [0.15, 0.2) is 0 Å². The van der Waals surface area contributed by atoms with Gasteiger partial charge in [-0.15, -0.1) is 0 Å². The number of nitrogens with two attached hydrogens (primary N) is 1. The second-order valence-corrected chi connectivity index (χ2v) is 7.63. The summed E-state index contributed by atoms with van der Waals surface area (Å²) in [7, 11) is 1.27. The van der Waals surface area contributed by atoms with Crippen molar-refractivity contribution in [2.75, 3.05) is 13.7 Å². The number of hydrazine groups is 2. The van der Waals surface area contributed by atoms with E-state index in [1.807, 2.05) is 10.9 Å². The van der Waals surface area contributed by atoms with Crippen molar-refractivity contribution in [2.45, 2.75) is 69.1 Å². The van der Waals surface area contributed by atoms with E-state index in [-0.39, 0.29) is 0 Å². The summed E-state index contributed by atoms with van der Waals surface area (Å²) in [4.78, 5) is 35.3. The Balaban J connectivity index is 2.24. The Hall–Kier alpha value is -2.15. The van der Waals surface area contributed by atoms with Crippen LogP contribution in [-0.2, 0) is 28.5 Å². The van der Waals surface area contributed by atoms with Gasteiger partial charge in [-0.25, -0.2) is 16.1 Å². The Morgan fingerprint density at radius 1 is 1.03 bits per heavy atom. The van der Waals surface area contributed by atoms with Crippen LogP contribution in [0.4, 0.5) is 4.79 Å². The Kier molecular flexibility index (Phi) is 9.70. The van der Waals surface area contributed by atoms with E-state index in [4.69, 9.17) is 24.8 Å². The van der Waals surface area contributed by atoms with E-state index in [1.165, 1.54) is 21.0 Å². The number of nitrogens with one attached hydrogen (secondary N) is 4. The van der Waals surface area contributed by atoms with Crippen LogP contribution in [0.3, 0.4) is 0 Å². The SMILES string of the molecule is CO[C@@H]1OC(CO)[C@@H](O)[C@H](O[C@@H]2OC(C(=O)NNC(=O)NN)C(C)[C@H](O)C2O)C1NC(C)=O. The average Bonchev–Trinajstić information content (AvgIpc) is 2.79. The third kappa shape index (κ3) is 6.25. The fraction of sp³-hybridized carbons (Fsp3) is 0.824. The fourth-order valence-electron chi connectivity index (χ4n) is 3.61. The summed E-state index contributed by atoms with van der Waals surface area (Å²) in [6.07, 6.45) is -11.4. The molecule has 2 aliphatic heterocycles. The lowest BCUT2D eigenvalue weighted by Gasteiger charge is -2.47. The van der Waals surface area contributed by atoms with Crippen LogP contribution in [0, 0.1) is 5.92 Å². The van der Waals surface area contributed by atoms with Gasteiger partial charge < -0.3 is 44.7 Å². The van der Waals surface area contributed by atoms with Gasteiger partial charge in [0.1, 0.15) is 36.6 Å². The number of methoxy groups -OCH3 is 1. The molecule has 0 aliphatic carbocycles. The fourth-order valence-corrected chi connectivity index (χ4v) is 3.61. The molecule has 10 N–H and O–H groups in total. The second kappa shape index (κ2) is 11.8. The number of hydrogen-bond acceptors (Lipinski definition) is 12. The average molecular weight is 481 g/mol.